The first-order valence-electron chi connectivity index (χ1n) is 11.8. The lowest BCUT2D eigenvalue weighted by molar-refractivity contribution is 0.186. The maximum absolute atomic E-state index is 13.5. The Kier molecular flexibility index (Phi) is 3.88. The summed E-state index contributed by atoms with van der Waals surface area (Å²) >= 11 is 0. The normalized spacial score (nSPS) is 24.9. The molecule has 3 aliphatic rings. The van der Waals surface area contributed by atoms with Crippen molar-refractivity contribution >= 4 is 17.1 Å². The third-order valence-electron chi connectivity index (χ3n) is 8.05. The molecule has 0 radical (unpaired) electrons. The lowest BCUT2D eigenvalue weighted by atomic mass is 9.72. The van der Waals surface area contributed by atoms with Crippen molar-refractivity contribution in [3.63, 3.8) is 0 Å². The number of rotatable bonds is 2. The van der Waals surface area contributed by atoms with E-state index in [0.29, 0.717) is 13.0 Å². The molecule has 8 heteroatoms. The SMILES string of the molecule is CC1(NC(=O)N2CCC3(CCn4nc(-c5cnc6[nH]ccc6c5)cc43)C2)Cc2cc(F)ccc21. The Bertz CT molecular complexity index is 1470. The van der Waals surface area contributed by atoms with Crippen LogP contribution in [-0.4, -0.2) is 43.8 Å². The fourth-order valence-corrected chi connectivity index (χ4v) is 6.18. The molecule has 1 aliphatic carbocycles. The highest BCUT2D eigenvalue weighted by molar-refractivity contribution is 5.80. The molecule has 2 atom stereocenters. The number of H-pyrrole nitrogens is 1. The van der Waals surface area contributed by atoms with Crippen LogP contribution in [0.4, 0.5) is 9.18 Å². The second-order valence-corrected chi connectivity index (χ2v) is 10.2. The number of benzene rings is 1. The zero-order valence-corrected chi connectivity index (χ0v) is 18.9. The highest BCUT2D eigenvalue weighted by Gasteiger charge is 2.48. The molecule has 34 heavy (non-hydrogen) atoms. The summed E-state index contributed by atoms with van der Waals surface area (Å²) in [6.45, 7) is 4.28. The topological polar surface area (TPSA) is 78.8 Å². The van der Waals surface area contributed by atoms with Crippen LogP contribution in [0.3, 0.4) is 0 Å². The summed E-state index contributed by atoms with van der Waals surface area (Å²) in [7, 11) is 0. The smallest absolute Gasteiger partial charge is 0.318 e. The summed E-state index contributed by atoms with van der Waals surface area (Å²) in [6.07, 6.45) is 6.33. The minimum atomic E-state index is -0.440. The van der Waals surface area contributed by atoms with Gasteiger partial charge in [-0.15, -0.1) is 0 Å². The molecule has 4 aromatic rings. The summed E-state index contributed by atoms with van der Waals surface area (Å²) in [4.78, 5) is 22.8. The number of urea groups is 1. The molecule has 7 nitrogen and oxygen atoms in total. The number of carbonyl (C=O) groups is 1. The van der Waals surface area contributed by atoms with Gasteiger partial charge in [-0.1, -0.05) is 6.07 Å². The molecule has 172 valence electrons. The van der Waals surface area contributed by atoms with Gasteiger partial charge in [0.1, 0.15) is 11.5 Å². The number of aryl methyl sites for hydroxylation is 1. The molecular weight excluding hydrogens is 431 g/mol. The number of halogens is 1. The maximum Gasteiger partial charge on any atom is 0.318 e. The second-order valence-electron chi connectivity index (χ2n) is 10.2. The van der Waals surface area contributed by atoms with Crippen LogP contribution in [0.15, 0.2) is 48.8 Å². The first-order valence-corrected chi connectivity index (χ1v) is 11.8. The van der Waals surface area contributed by atoms with E-state index in [1.165, 1.54) is 11.8 Å². The highest BCUT2D eigenvalue weighted by atomic mass is 19.1. The first kappa shape index (κ1) is 19.8. The van der Waals surface area contributed by atoms with Crippen LogP contribution in [0.25, 0.3) is 22.3 Å². The number of fused-ring (bicyclic) bond motifs is 4. The molecular formula is C26H25FN6O. The highest BCUT2D eigenvalue weighted by Crippen LogP contribution is 2.44. The van der Waals surface area contributed by atoms with Crippen molar-refractivity contribution in [1.29, 1.82) is 0 Å². The van der Waals surface area contributed by atoms with Crippen LogP contribution in [0.2, 0.25) is 0 Å². The third-order valence-corrected chi connectivity index (χ3v) is 8.05. The van der Waals surface area contributed by atoms with Gasteiger partial charge in [0.05, 0.1) is 11.2 Å². The lowest BCUT2D eigenvalue weighted by Crippen LogP contribution is -2.55. The number of nitrogens with one attached hydrogen (secondary N) is 2. The Labute approximate surface area is 196 Å². The van der Waals surface area contributed by atoms with E-state index in [0.717, 1.165) is 59.3 Å². The van der Waals surface area contributed by atoms with E-state index in [1.807, 2.05) is 30.3 Å². The molecule has 1 aromatic carbocycles. The predicted octanol–water partition coefficient (Wildman–Crippen LogP) is 4.09. The summed E-state index contributed by atoms with van der Waals surface area (Å²) in [6, 6.07) is 11.1. The Hall–Kier alpha value is -3.68. The van der Waals surface area contributed by atoms with Gasteiger partial charge in [-0.25, -0.2) is 14.2 Å². The Balaban J connectivity index is 1.11. The van der Waals surface area contributed by atoms with Crippen LogP contribution in [0, 0.1) is 5.82 Å². The van der Waals surface area contributed by atoms with Gasteiger partial charge in [-0.05, 0) is 67.6 Å². The minimum Gasteiger partial charge on any atom is -0.346 e. The average molecular weight is 457 g/mol. The number of pyridine rings is 1. The Morgan fingerprint density at radius 3 is 2.94 bits per heavy atom. The molecule has 7 rings (SSSR count). The van der Waals surface area contributed by atoms with E-state index < -0.39 is 5.54 Å². The van der Waals surface area contributed by atoms with Crippen LogP contribution < -0.4 is 5.32 Å². The molecule has 1 spiro atoms. The Morgan fingerprint density at radius 1 is 1.18 bits per heavy atom. The average Bonchev–Trinajstić information content (AvgIpc) is 3.58. The molecule has 0 saturated carbocycles. The van der Waals surface area contributed by atoms with Crippen molar-refractivity contribution < 1.29 is 9.18 Å². The van der Waals surface area contributed by atoms with E-state index in [1.54, 1.807) is 12.1 Å². The fourth-order valence-electron chi connectivity index (χ4n) is 6.18. The molecule has 2 amide bonds. The number of aromatic amines is 1. The molecule has 2 N–H and O–H groups in total. The fraction of sp³-hybridized carbons (Fsp3) is 0.346. The number of amides is 2. The number of likely N-dealkylation sites (tertiary alicyclic amines) is 1. The van der Waals surface area contributed by atoms with Gasteiger partial charge < -0.3 is 15.2 Å². The summed E-state index contributed by atoms with van der Waals surface area (Å²) < 4.78 is 15.6. The van der Waals surface area contributed by atoms with Crippen LogP contribution in [-0.2, 0) is 23.9 Å². The molecule has 3 aromatic heterocycles. The molecule has 1 saturated heterocycles. The van der Waals surface area contributed by atoms with Gasteiger partial charge in [-0.3, -0.25) is 4.68 Å². The standard InChI is InChI=1S/C26H25FN6O/c1-25(13-17-11-19(27)2-3-20(17)25)30-24(34)32-8-5-26(15-32)6-9-33-22(26)12-21(31-33)18-10-16-4-7-28-23(16)29-14-18/h2-4,7,10-12,14H,5-6,8-9,13,15H2,1H3,(H,28,29)(H,30,34). The van der Waals surface area contributed by atoms with Crippen LogP contribution >= 0.6 is 0 Å². The van der Waals surface area contributed by atoms with E-state index in [9.17, 15) is 9.18 Å². The largest absolute Gasteiger partial charge is 0.346 e. The van der Waals surface area contributed by atoms with Crippen molar-refractivity contribution in [3.05, 3.63) is 71.4 Å². The van der Waals surface area contributed by atoms with Crippen molar-refractivity contribution in [2.24, 2.45) is 0 Å². The van der Waals surface area contributed by atoms with Crippen molar-refractivity contribution in [2.75, 3.05) is 13.1 Å². The van der Waals surface area contributed by atoms with Gasteiger partial charge in [0.15, 0.2) is 0 Å². The summed E-state index contributed by atoms with van der Waals surface area (Å²) in [5.41, 5.74) is 5.50. The Morgan fingerprint density at radius 2 is 2.06 bits per heavy atom. The summed E-state index contributed by atoms with van der Waals surface area (Å²) in [5.74, 6) is -0.227. The molecule has 0 bridgehead atoms. The third kappa shape index (κ3) is 2.77. The molecule has 1 fully saturated rings. The number of nitrogens with zero attached hydrogens (tertiary/aromatic N) is 4. The monoisotopic (exact) mass is 456 g/mol. The lowest BCUT2D eigenvalue weighted by Gasteiger charge is -2.42. The summed E-state index contributed by atoms with van der Waals surface area (Å²) in [5, 5.41) is 9.16. The number of carbonyl (C=O) groups excluding carboxylic acids is 1. The molecule has 2 unspecified atom stereocenters. The van der Waals surface area contributed by atoms with E-state index in [2.05, 4.69) is 32.1 Å². The van der Waals surface area contributed by atoms with Gasteiger partial charge in [0, 0.05) is 54.1 Å². The molecule has 2 aliphatic heterocycles. The molecule has 5 heterocycles. The van der Waals surface area contributed by atoms with Crippen molar-refractivity contribution in [2.45, 2.75) is 43.7 Å². The number of hydrogen-bond acceptors (Lipinski definition) is 3. The van der Waals surface area contributed by atoms with Crippen molar-refractivity contribution in [3.8, 4) is 11.3 Å². The first-order chi connectivity index (χ1) is 16.4. The van der Waals surface area contributed by atoms with Crippen molar-refractivity contribution in [1.82, 2.24) is 30.0 Å². The second kappa shape index (κ2) is 6.68. The number of aromatic nitrogens is 4. The van der Waals surface area contributed by atoms with E-state index >= 15 is 0 Å². The van der Waals surface area contributed by atoms with E-state index in [-0.39, 0.29) is 17.3 Å². The maximum atomic E-state index is 13.5. The van der Waals surface area contributed by atoms with E-state index in [4.69, 9.17) is 5.10 Å². The quantitative estimate of drug-likeness (QED) is 0.477. The van der Waals surface area contributed by atoms with Gasteiger partial charge >= 0.3 is 6.03 Å². The zero-order valence-electron chi connectivity index (χ0n) is 18.9. The number of hydrogen-bond donors (Lipinski definition) is 2. The minimum absolute atomic E-state index is 0.0466. The van der Waals surface area contributed by atoms with Crippen LogP contribution in [0.5, 0.6) is 0 Å². The van der Waals surface area contributed by atoms with Crippen LogP contribution in [0.1, 0.15) is 36.6 Å². The van der Waals surface area contributed by atoms with Gasteiger partial charge in [-0.2, -0.15) is 5.10 Å². The predicted molar refractivity (Wildman–Crippen MR) is 126 cm³/mol. The zero-order chi connectivity index (χ0) is 23.1. The van der Waals surface area contributed by atoms with Gasteiger partial charge in [0.25, 0.3) is 0 Å². The van der Waals surface area contributed by atoms with Gasteiger partial charge in [0.2, 0.25) is 0 Å².